The van der Waals surface area contributed by atoms with Gasteiger partial charge in [0.2, 0.25) is 5.91 Å². The smallest absolute Gasteiger partial charge is 0.252 e. The van der Waals surface area contributed by atoms with Crippen LogP contribution in [0, 0.1) is 0 Å². The molecule has 0 saturated carbocycles. The van der Waals surface area contributed by atoms with Crippen molar-refractivity contribution >= 4 is 17.5 Å². The molecule has 1 saturated heterocycles. The lowest BCUT2D eigenvalue weighted by molar-refractivity contribution is -0.124. The predicted molar refractivity (Wildman–Crippen MR) is 72.1 cm³/mol. The molecule has 3 rings (SSSR count). The maximum absolute atomic E-state index is 12.1. The van der Waals surface area contributed by atoms with Crippen molar-refractivity contribution in [1.82, 2.24) is 21.2 Å². The molecule has 2 aliphatic rings. The van der Waals surface area contributed by atoms with Crippen molar-refractivity contribution in [2.24, 2.45) is 5.84 Å². The van der Waals surface area contributed by atoms with Crippen LogP contribution in [-0.2, 0) is 9.59 Å². The van der Waals surface area contributed by atoms with Crippen molar-refractivity contribution in [3.8, 4) is 0 Å². The maximum atomic E-state index is 12.1. The molecular formula is C13H15N5O2. The second-order valence-electron chi connectivity index (χ2n) is 4.75. The molecule has 104 valence electrons. The Bertz CT molecular complexity index is 571. The van der Waals surface area contributed by atoms with Crippen LogP contribution >= 0.6 is 0 Å². The van der Waals surface area contributed by atoms with Gasteiger partial charge < -0.3 is 10.3 Å². The number of amides is 2. The van der Waals surface area contributed by atoms with E-state index in [2.05, 4.69) is 16.2 Å². The second-order valence-corrected chi connectivity index (χ2v) is 4.75. The minimum atomic E-state index is -0.498. The molecular weight excluding hydrogens is 258 g/mol. The third kappa shape index (κ3) is 2.13. The molecule has 2 aliphatic heterocycles. The summed E-state index contributed by atoms with van der Waals surface area (Å²) in [4.78, 5) is 23.7. The fourth-order valence-corrected chi connectivity index (χ4v) is 2.44. The molecule has 0 radical (unpaired) electrons. The van der Waals surface area contributed by atoms with E-state index >= 15 is 0 Å². The molecule has 2 amide bonds. The summed E-state index contributed by atoms with van der Waals surface area (Å²) in [5.41, 5.74) is 6.68. The van der Waals surface area contributed by atoms with Crippen LogP contribution in [0.4, 0.5) is 0 Å². The van der Waals surface area contributed by atoms with Gasteiger partial charge in [0.1, 0.15) is 12.1 Å². The highest BCUT2D eigenvalue weighted by atomic mass is 16.2. The van der Waals surface area contributed by atoms with Gasteiger partial charge in [-0.15, -0.1) is 0 Å². The van der Waals surface area contributed by atoms with Crippen LogP contribution in [0.15, 0.2) is 36.5 Å². The molecule has 0 bridgehead atoms. The average molecular weight is 273 g/mol. The number of nitrogens with one attached hydrogen (secondary N) is 3. The normalized spacial score (nSPS) is 24.8. The van der Waals surface area contributed by atoms with Crippen molar-refractivity contribution in [3.05, 3.63) is 42.1 Å². The van der Waals surface area contributed by atoms with Crippen molar-refractivity contribution < 1.29 is 9.59 Å². The molecule has 2 heterocycles. The van der Waals surface area contributed by atoms with Gasteiger partial charge in [-0.2, -0.15) is 0 Å². The van der Waals surface area contributed by atoms with Gasteiger partial charge in [-0.1, -0.05) is 30.3 Å². The third-order valence-electron chi connectivity index (χ3n) is 3.47. The fraction of sp³-hybridized carbons (Fsp3) is 0.231. The number of nitrogens with zero attached hydrogens (tertiary/aromatic N) is 1. The largest absolute Gasteiger partial charge is 0.322 e. The van der Waals surface area contributed by atoms with E-state index in [1.165, 1.54) is 0 Å². The van der Waals surface area contributed by atoms with Gasteiger partial charge in [0, 0.05) is 12.6 Å². The minimum absolute atomic E-state index is 0.133. The van der Waals surface area contributed by atoms with Crippen molar-refractivity contribution in [2.45, 2.75) is 18.5 Å². The first kappa shape index (κ1) is 12.6. The summed E-state index contributed by atoms with van der Waals surface area (Å²) in [6.45, 7) is 0. The van der Waals surface area contributed by atoms with Gasteiger partial charge in [0.15, 0.2) is 0 Å². The molecule has 7 heteroatoms. The summed E-state index contributed by atoms with van der Waals surface area (Å²) < 4.78 is 0. The zero-order valence-corrected chi connectivity index (χ0v) is 10.7. The number of benzene rings is 1. The lowest BCUT2D eigenvalue weighted by atomic mass is 10.1. The number of hydrogen-bond donors (Lipinski definition) is 4. The van der Waals surface area contributed by atoms with Crippen molar-refractivity contribution in [1.29, 1.82) is 0 Å². The lowest BCUT2D eigenvalue weighted by Crippen LogP contribution is -2.49. The molecule has 2 atom stereocenters. The highest BCUT2D eigenvalue weighted by molar-refractivity contribution is 5.94. The number of rotatable bonds is 2. The van der Waals surface area contributed by atoms with E-state index < -0.39 is 12.1 Å². The molecule has 1 aromatic carbocycles. The summed E-state index contributed by atoms with van der Waals surface area (Å²) in [5, 5.41) is 4.53. The van der Waals surface area contributed by atoms with Gasteiger partial charge in [0.25, 0.3) is 5.91 Å². The van der Waals surface area contributed by atoms with Crippen LogP contribution in [0.5, 0.6) is 0 Å². The molecule has 0 spiro atoms. The van der Waals surface area contributed by atoms with E-state index in [4.69, 9.17) is 5.84 Å². The summed E-state index contributed by atoms with van der Waals surface area (Å²) in [7, 11) is 0. The van der Waals surface area contributed by atoms with Crippen molar-refractivity contribution in [2.75, 3.05) is 0 Å². The Morgan fingerprint density at radius 1 is 1.35 bits per heavy atom. The Balaban J connectivity index is 1.85. The molecule has 1 aromatic rings. The summed E-state index contributed by atoms with van der Waals surface area (Å²) in [5.74, 6) is 4.66. The topological polar surface area (TPSA) is 99.5 Å². The second kappa shape index (κ2) is 4.95. The van der Waals surface area contributed by atoms with Gasteiger partial charge in [0.05, 0.1) is 5.70 Å². The lowest BCUT2D eigenvalue weighted by Gasteiger charge is -2.28. The Morgan fingerprint density at radius 3 is 2.80 bits per heavy atom. The maximum Gasteiger partial charge on any atom is 0.252 e. The Kier molecular flexibility index (Phi) is 3.13. The monoisotopic (exact) mass is 273 g/mol. The summed E-state index contributed by atoms with van der Waals surface area (Å²) in [6.07, 6.45) is 2.18. The van der Waals surface area contributed by atoms with Crippen LogP contribution in [0.2, 0.25) is 0 Å². The quantitative estimate of drug-likeness (QED) is 0.316. The summed E-state index contributed by atoms with van der Waals surface area (Å²) >= 11 is 0. The van der Waals surface area contributed by atoms with E-state index in [0.29, 0.717) is 12.1 Å². The predicted octanol–water partition coefficient (Wildman–Crippen LogP) is -0.948. The number of fused-ring (bicyclic) bond motifs is 1. The number of hydrogen-bond acceptors (Lipinski definition) is 5. The van der Waals surface area contributed by atoms with E-state index in [1.807, 2.05) is 30.3 Å². The molecule has 2 unspecified atom stereocenters. The number of carbonyl (C=O) groups is 2. The highest BCUT2D eigenvalue weighted by Gasteiger charge is 2.41. The molecule has 7 nitrogen and oxygen atoms in total. The van der Waals surface area contributed by atoms with E-state index in [-0.39, 0.29) is 11.8 Å². The highest BCUT2D eigenvalue weighted by Crippen LogP contribution is 2.23. The van der Waals surface area contributed by atoms with E-state index in [9.17, 15) is 9.59 Å². The first-order valence-electron chi connectivity index (χ1n) is 6.32. The Morgan fingerprint density at radius 2 is 2.10 bits per heavy atom. The molecule has 1 fully saturated rings. The SMILES string of the molecule is NNC(=O)C1CC2C(=O)NC(c3ccccc3)=CN2N1. The molecule has 0 aliphatic carbocycles. The van der Waals surface area contributed by atoms with Crippen LogP contribution in [0.1, 0.15) is 12.0 Å². The minimum Gasteiger partial charge on any atom is -0.322 e. The first-order valence-corrected chi connectivity index (χ1v) is 6.32. The van der Waals surface area contributed by atoms with E-state index in [1.54, 1.807) is 11.2 Å². The van der Waals surface area contributed by atoms with Crippen molar-refractivity contribution in [3.63, 3.8) is 0 Å². The molecule has 0 aromatic heterocycles. The van der Waals surface area contributed by atoms with Gasteiger partial charge in [-0.3, -0.25) is 15.0 Å². The molecule has 20 heavy (non-hydrogen) atoms. The van der Waals surface area contributed by atoms with Gasteiger partial charge in [-0.25, -0.2) is 11.3 Å². The van der Waals surface area contributed by atoms with Gasteiger partial charge in [-0.05, 0) is 5.56 Å². The molecule has 5 N–H and O–H groups in total. The zero-order chi connectivity index (χ0) is 14.1. The number of hydrazine groups is 2. The average Bonchev–Trinajstić information content (AvgIpc) is 2.92. The standard InChI is InChI=1S/C13H15N5O2/c14-16-12(19)9-6-11-13(20)15-10(7-18(11)17-9)8-4-2-1-3-5-8/h1-5,7,9,11,17H,6,14H2,(H,15,20)(H,16,19). The van der Waals surface area contributed by atoms with Crippen LogP contribution in [-0.4, -0.2) is 28.9 Å². The summed E-state index contributed by atoms with van der Waals surface area (Å²) in [6, 6.07) is 8.63. The number of nitrogens with two attached hydrogens (primary N) is 1. The van der Waals surface area contributed by atoms with Gasteiger partial charge >= 0.3 is 0 Å². The van der Waals surface area contributed by atoms with Crippen LogP contribution in [0.25, 0.3) is 5.70 Å². The Labute approximate surface area is 115 Å². The first-order chi connectivity index (χ1) is 9.69. The third-order valence-corrected chi connectivity index (χ3v) is 3.47. The van der Waals surface area contributed by atoms with Crippen LogP contribution in [0.3, 0.4) is 0 Å². The van der Waals surface area contributed by atoms with Crippen LogP contribution < -0.4 is 22.0 Å². The fourth-order valence-electron chi connectivity index (χ4n) is 2.44. The Hall–Kier alpha value is -2.38. The zero-order valence-electron chi connectivity index (χ0n) is 10.7. The van der Waals surface area contributed by atoms with E-state index in [0.717, 1.165) is 5.56 Å². The number of carbonyl (C=O) groups excluding carboxylic acids is 2.